The van der Waals surface area contributed by atoms with Gasteiger partial charge in [-0.25, -0.2) is 22.5 Å². The van der Waals surface area contributed by atoms with Crippen molar-refractivity contribution in [3.8, 4) is 5.69 Å². The number of nitrogens with zero attached hydrogens (tertiary/aromatic N) is 2. The number of halogens is 3. The second-order valence-corrected chi connectivity index (χ2v) is 6.79. The molecule has 0 bridgehead atoms. The molecule has 0 fully saturated rings. The fourth-order valence-electron chi connectivity index (χ4n) is 2.97. The van der Waals surface area contributed by atoms with Crippen molar-refractivity contribution in [2.45, 2.75) is 6.54 Å². The van der Waals surface area contributed by atoms with Crippen molar-refractivity contribution >= 4 is 21.6 Å². The predicted molar refractivity (Wildman–Crippen MR) is 97.1 cm³/mol. The van der Waals surface area contributed by atoms with Crippen LogP contribution < -0.4 is 11.2 Å². The average molecular weight is 388 g/mol. The van der Waals surface area contributed by atoms with E-state index in [4.69, 9.17) is 0 Å². The summed E-state index contributed by atoms with van der Waals surface area (Å²) >= 11 is 1.10. The number of hydrogen-bond acceptors (Lipinski definition) is 3. The van der Waals surface area contributed by atoms with E-state index >= 15 is 0 Å². The number of hydrogen-bond donors (Lipinski definition) is 0. The number of fused-ring (bicyclic) bond motifs is 1. The summed E-state index contributed by atoms with van der Waals surface area (Å²) in [7, 11) is 0. The molecule has 0 amide bonds. The monoisotopic (exact) mass is 388 g/mol. The lowest BCUT2D eigenvalue weighted by molar-refractivity contribution is 0.576. The quantitative estimate of drug-likeness (QED) is 0.537. The van der Waals surface area contributed by atoms with E-state index in [0.29, 0.717) is 5.52 Å². The van der Waals surface area contributed by atoms with Crippen LogP contribution in [0, 0.1) is 17.5 Å². The highest BCUT2D eigenvalue weighted by Crippen LogP contribution is 2.19. The summed E-state index contributed by atoms with van der Waals surface area (Å²) in [5.41, 5.74) is -1.08. The van der Waals surface area contributed by atoms with Gasteiger partial charge in [-0.05, 0) is 41.3 Å². The van der Waals surface area contributed by atoms with Gasteiger partial charge in [0.15, 0.2) is 0 Å². The Morgan fingerprint density at radius 1 is 0.926 bits per heavy atom. The molecule has 0 saturated heterocycles. The molecular weight excluding hydrogens is 377 g/mol. The van der Waals surface area contributed by atoms with Crippen LogP contribution >= 0.6 is 11.3 Å². The summed E-state index contributed by atoms with van der Waals surface area (Å²) in [4.78, 5) is 25.8. The maximum Gasteiger partial charge on any atom is 0.336 e. The van der Waals surface area contributed by atoms with Gasteiger partial charge in [0.1, 0.15) is 22.2 Å². The van der Waals surface area contributed by atoms with Gasteiger partial charge in [0.25, 0.3) is 5.56 Å². The van der Waals surface area contributed by atoms with Crippen molar-refractivity contribution in [2.24, 2.45) is 0 Å². The first-order valence-electron chi connectivity index (χ1n) is 7.88. The van der Waals surface area contributed by atoms with E-state index in [-0.39, 0.29) is 22.5 Å². The normalized spacial score (nSPS) is 11.2. The Morgan fingerprint density at radius 3 is 2.33 bits per heavy atom. The van der Waals surface area contributed by atoms with E-state index in [2.05, 4.69) is 0 Å². The van der Waals surface area contributed by atoms with Gasteiger partial charge in [0.05, 0.1) is 17.7 Å². The van der Waals surface area contributed by atoms with E-state index in [1.807, 2.05) is 0 Å². The molecule has 4 aromatic rings. The van der Waals surface area contributed by atoms with Crippen LogP contribution in [0.25, 0.3) is 15.9 Å². The highest BCUT2D eigenvalue weighted by molar-refractivity contribution is 7.17. The van der Waals surface area contributed by atoms with Gasteiger partial charge in [0.2, 0.25) is 0 Å². The lowest BCUT2D eigenvalue weighted by Gasteiger charge is -2.13. The zero-order valence-corrected chi connectivity index (χ0v) is 14.5. The Labute approximate surface area is 154 Å². The molecule has 8 heteroatoms. The largest absolute Gasteiger partial charge is 0.336 e. The molecule has 0 saturated carbocycles. The first kappa shape index (κ1) is 17.3. The van der Waals surface area contributed by atoms with Crippen molar-refractivity contribution < 1.29 is 13.2 Å². The topological polar surface area (TPSA) is 44.0 Å². The maximum absolute atomic E-state index is 14.2. The molecule has 4 nitrogen and oxygen atoms in total. The van der Waals surface area contributed by atoms with Crippen molar-refractivity contribution in [3.63, 3.8) is 0 Å². The van der Waals surface area contributed by atoms with Crippen molar-refractivity contribution in [1.29, 1.82) is 0 Å². The number of rotatable bonds is 3. The zero-order chi connectivity index (χ0) is 19.1. The van der Waals surface area contributed by atoms with Crippen LogP contribution in [-0.4, -0.2) is 9.13 Å². The summed E-state index contributed by atoms with van der Waals surface area (Å²) < 4.78 is 43.4. The molecule has 2 aromatic carbocycles. The van der Waals surface area contributed by atoms with Gasteiger partial charge in [-0.1, -0.05) is 12.1 Å². The van der Waals surface area contributed by atoms with E-state index < -0.39 is 28.7 Å². The summed E-state index contributed by atoms with van der Waals surface area (Å²) in [6.07, 6.45) is 0. The highest BCUT2D eigenvalue weighted by atomic mass is 32.1. The predicted octanol–water partition coefficient (Wildman–Crippen LogP) is 3.68. The Morgan fingerprint density at radius 2 is 1.63 bits per heavy atom. The molecule has 136 valence electrons. The Hall–Kier alpha value is -3.13. The highest BCUT2D eigenvalue weighted by Gasteiger charge is 2.18. The van der Waals surface area contributed by atoms with Gasteiger partial charge in [-0.2, -0.15) is 0 Å². The minimum Gasteiger partial charge on any atom is -0.288 e. The summed E-state index contributed by atoms with van der Waals surface area (Å²) in [5, 5.41) is 1.62. The van der Waals surface area contributed by atoms with Crippen LogP contribution in [0.1, 0.15) is 5.56 Å². The molecule has 0 spiro atoms. The van der Waals surface area contributed by atoms with Crippen LogP contribution in [0.2, 0.25) is 0 Å². The van der Waals surface area contributed by atoms with Crippen LogP contribution in [0.5, 0.6) is 0 Å². The maximum atomic E-state index is 14.2. The Bertz CT molecular complexity index is 1270. The molecular formula is C19H11F3N2O2S. The molecule has 0 radical (unpaired) electrons. The molecule has 0 atom stereocenters. The molecule has 0 aliphatic rings. The molecule has 2 heterocycles. The lowest BCUT2D eigenvalue weighted by atomic mass is 10.2. The second kappa shape index (κ2) is 6.55. The van der Waals surface area contributed by atoms with Gasteiger partial charge in [-0.3, -0.25) is 9.36 Å². The van der Waals surface area contributed by atoms with Gasteiger partial charge in [0, 0.05) is 6.07 Å². The third-order valence-electron chi connectivity index (χ3n) is 4.11. The number of thiophene rings is 1. The van der Waals surface area contributed by atoms with Gasteiger partial charge >= 0.3 is 5.69 Å². The average Bonchev–Trinajstić information content (AvgIpc) is 3.09. The van der Waals surface area contributed by atoms with Gasteiger partial charge in [-0.15, -0.1) is 11.3 Å². The Balaban J connectivity index is 2.01. The van der Waals surface area contributed by atoms with Crippen molar-refractivity contribution in [1.82, 2.24) is 9.13 Å². The second-order valence-electron chi connectivity index (χ2n) is 5.87. The molecule has 4 rings (SSSR count). The summed E-state index contributed by atoms with van der Waals surface area (Å²) in [6, 6.07) is 9.93. The van der Waals surface area contributed by atoms with Crippen LogP contribution in [0.3, 0.4) is 0 Å². The molecule has 27 heavy (non-hydrogen) atoms. The fourth-order valence-corrected chi connectivity index (χ4v) is 3.79. The van der Waals surface area contributed by atoms with Crippen LogP contribution in [0.15, 0.2) is 63.5 Å². The number of benzene rings is 2. The lowest BCUT2D eigenvalue weighted by Crippen LogP contribution is -2.39. The molecule has 0 N–H and O–H groups in total. The standard InChI is InChI=1S/C19H11F3N2O2S/c20-12-7-11(8-13(21)9-12)10-23-16-5-6-27-17(16)18(25)24(19(23)26)15-4-2-1-3-14(15)22/h1-9H,10H2. The first-order chi connectivity index (χ1) is 13.0. The first-order valence-corrected chi connectivity index (χ1v) is 8.76. The zero-order valence-electron chi connectivity index (χ0n) is 13.7. The van der Waals surface area contributed by atoms with E-state index in [1.54, 1.807) is 11.4 Å². The summed E-state index contributed by atoms with van der Waals surface area (Å²) in [5.74, 6) is -2.28. The molecule has 2 aromatic heterocycles. The SMILES string of the molecule is O=c1c2sccc2n(Cc2cc(F)cc(F)c2)c(=O)n1-c1ccccc1F. The van der Waals surface area contributed by atoms with E-state index in [9.17, 15) is 22.8 Å². The van der Waals surface area contributed by atoms with Crippen LogP contribution in [0.4, 0.5) is 13.2 Å². The Kier molecular flexibility index (Phi) is 4.19. The number of para-hydroxylation sites is 1. The van der Waals surface area contributed by atoms with Crippen molar-refractivity contribution in [2.75, 3.05) is 0 Å². The minimum absolute atomic E-state index is 0.171. The van der Waals surface area contributed by atoms with E-state index in [0.717, 1.165) is 40.2 Å². The molecule has 0 unspecified atom stereocenters. The number of aromatic nitrogens is 2. The minimum atomic E-state index is -0.791. The smallest absolute Gasteiger partial charge is 0.288 e. The summed E-state index contributed by atoms with van der Waals surface area (Å²) in [6.45, 7) is -0.171. The molecule has 0 aliphatic heterocycles. The van der Waals surface area contributed by atoms with Crippen LogP contribution in [-0.2, 0) is 6.54 Å². The van der Waals surface area contributed by atoms with E-state index in [1.165, 1.54) is 22.8 Å². The van der Waals surface area contributed by atoms with Gasteiger partial charge < -0.3 is 0 Å². The van der Waals surface area contributed by atoms with Crippen molar-refractivity contribution in [3.05, 3.63) is 97.8 Å². The third kappa shape index (κ3) is 2.97. The fraction of sp³-hybridized carbons (Fsp3) is 0.0526. The third-order valence-corrected chi connectivity index (χ3v) is 5.00. The molecule has 0 aliphatic carbocycles.